The van der Waals surface area contributed by atoms with E-state index in [9.17, 15) is 13.2 Å². The smallest absolute Gasteiger partial charge is 0.251 e. The van der Waals surface area contributed by atoms with Crippen molar-refractivity contribution in [3.8, 4) is 0 Å². The van der Waals surface area contributed by atoms with Crippen molar-refractivity contribution in [2.45, 2.75) is 32.2 Å². The fourth-order valence-electron chi connectivity index (χ4n) is 2.39. The lowest BCUT2D eigenvalue weighted by atomic mass is 10.2. The third-order valence-electron chi connectivity index (χ3n) is 3.70. The van der Waals surface area contributed by atoms with Gasteiger partial charge in [-0.2, -0.15) is 4.31 Å². The Morgan fingerprint density at radius 3 is 2.56 bits per heavy atom. The van der Waals surface area contributed by atoms with Gasteiger partial charge in [-0.1, -0.05) is 19.9 Å². The second-order valence-corrected chi connectivity index (χ2v) is 7.33. The summed E-state index contributed by atoms with van der Waals surface area (Å²) in [7, 11) is -3.60. The van der Waals surface area contributed by atoms with Crippen molar-refractivity contribution in [2.24, 2.45) is 0 Å². The first-order valence-corrected chi connectivity index (χ1v) is 9.49. The molecule has 1 aromatic heterocycles. The highest BCUT2D eigenvalue weighted by atomic mass is 32.2. The van der Waals surface area contributed by atoms with E-state index in [1.165, 1.54) is 16.4 Å². The number of hydrogen-bond donors (Lipinski definition) is 1. The van der Waals surface area contributed by atoms with Gasteiger partial charge in [0.25, 0.3) is 5.91 Å². The molecule has 7 nitrogen and oxygen atoms in total. The molecular formula is C17H22N4O3S. The van der Waals surface area contributed by atoms with Crippen LogP contribution in [0.4, 0.5) is 0 Å². The minimum absolute atomic E-state index is 0.113. The van der Waals surface area contributed by atoms with Crippen molar-refractivity contribution < 1.29 is 13.2 Å². The lowest BCUT2D eigenvalue weighted by Gasteiger charge is -2.18. The van der Waals surface area contributed by atoms with Crippen molar-refractivity contribution in [1.82, 2.24) is 19.6 Å². The highest BCUT2D eigenvalue weighted by Gasteiger charge is 2.22. The number of carbonyl (C=O) groups is 1. The average molecular weight is 362 g/mol. The topological polar surface area (TPSA) is 92.3 Å². The molecule has 1 heterocycles. The molecule has 2 rings (SSSR count). The second-order valence-electron chi connectivity index (χ2n) is 5.40. The number of hydrogen-bond acceptors (Lipinski definition) is 5. The standard InChI is InChI=1S/C17H22N4O3S/c1-4-21(5-2)25(23,24)16-8-6-7-14(11-16)17(22)19-12-15-9-10-18-13(3)20-15/h6-11H,4-5,12H2,1-3H3,(H,19,22). The van der Waals surface area contributed by atoms with Crippen LogP contribution in [0.3, 0.4) is 0 Å². The Hall–Kier alpha value is -2.32. The maximum absolute atomic E-state index is 12.6. The van der Waals surface area contributed by atoms with Gasteiger partial charge in [-0.15, -0.1) is 0 Å². The summed E-state index contributed by atoms with van der Waals surface area (Å²) in [6.45, 7) is 6.33. The van der Waals surface area contributed by atoms with Crippen LogP contribution in [0.5, 0.6) is 0 Å². The van der Waals surface area contributed by atoms with Gasteiger partial charge < -0.3 is 5.32 Å². The van der Waals surface area contributed by atoms with Crippen LogP contribution in [0.2, 0.25) is 0 Å². The predicted molar refractivity (Wildman–Crippen MR) is 94.5 cm³/mol. The minimum atomic E-state index is -3.60. The summed E-state index contributed by atoms with van der Waals surface area (Å²) >= 11 is 0. The number of sulfonamides is 1. The van der Waals surface area contributed by atoms with Crippen LogP contribution >= 0.6 is 0 Å². The molecule has 25 heavy (non-hydrogen) atoms. The van der Waals surface area contributed by atoms with E-state index < -0.39 is 10.0 Å². The van der Waals surface area contributed by atoms with Crippen molar-refractivity contribution in [3.05, 3.63) is 53.6 Å². The van der Waals surface area contributed by atoms with Gasteiger partial charge in [0, 0.05) is 24.8 Å². The third-order valence-corrected chi connectivity index (χ3v) is 5.75. The SMILES string of the molecule is CCN(CC)S(=O)(=O)c1cccc(C(=O)NCc2ccnc(C)n2)c1. The van der Waals surface area contributed by atoms with E-state index in [4.69, 9.17) is 0 Å². The Kier molecular flexibility index (Phi) is 6.22. The molecule has 0 aliphatic rings. The molecule has 0 aliphatic carbocycles. The Morgan fingerprint density at radius 2 is 1.92 bits per heavy atom. The molecule has 0 bridgehead atoms. The first kappa shape index (κ1) is 19.0. The van der Waals surface area contributed by atoms with Gasteiger partial charge in [0.1, 0.15) is 5.82 Å². The molecule has 0 aliphatic heterocycles. The largest absolute Gasteiger partial charge is 0.346 e. The number of rotatable bonds is 7. The molecule has 2 aromatic rings. The average Bonchev–Trinajstić information content (AvgIpc) is 2.60. The quantitative estimate of drug-likeness (QED) is 0.810. The molecular weight excluding hydrogens is 340 g/mol. The fraction of sp³-hybridized carbons (Fsp3) is 0.353. The van der Waals surface area contributed by atoms with E-state index in [1.807, 2.05) is 0 Å². The Labute approximate surface area is 148 Å². The molecule has 0 saturated heterocycles. The lowest BCUT2D eigenvalue weighted by Crippen LogP contribution is -2.31. The van der Waals surface area contributed by atoms with E-state index in [2.05, 4.69) is 15.3 Å². The monoisotopic (exact) mass is 362 g/mol. The zero-order valence-electron chi connectivity index (χ0n) is 14.6. The van der Waals surface area contributed by atoms with E-state index in [0.29, 0.717) is 30.2 Å². The molecule has 0 atom stereocenters. The Bertz CT molecular complexity index is 848. The normalized spacial score (nSPS) is 11.5. The van der Waals surface area contributed by atoms with E-state index in [1.54, 1.807) is 45.2 Å². The predicted octanol–water partition coefficient (Wildman–Crippen LogP) is 1.75. The lowest BCUT2D eigenvalue weighted by molar-refractivity contribution is 0.0950. The summed E-state index contributed by atoms with van der Waals surface area (Å²) in [5.74, 6) is 0.270. The number of benzene rings is 1. The van der Waals surface area contributed by atoms with Crippen LogP contribution < -0.4 is 5.32 Å². The van der Waals surface area contributed by atoms with Crippen LogP contribution in [0.15, 0.2) is 41.4 Å². The summed E-state index contributed by atoms with van der Waals surface area (Å²) in [6.07, 6.45) is 1.63. The zero-order chi connectivity index (χ0) is 18.4. The molecule has 0 spiro atoms. The first-order valence-electron chi connectivity index (χ1n) is 8.05. The maximum atomic E-state index is 12.6. The van der Waals surface area contributed by atoms with Crippen molar-refractivity contribution in [1.29, 1.82) is 0 Å². The maximum Gasteiger partial charge on any atom is 0.251 e. The number of nitrogens with zero attached hydrogens (tertiary/aromatic N) is 3. The number of aryl methyl sites for hydroxylation is 1. The summed E-state index contributed by atoms with van der Waals surface area (Å²) in [4.78, 5) is 20.7. The van der Waals surface area contributed by atoms with Gasteiger partial charge in [0.15, 0.2) is 0 Å². The third kappa shape index (κ3) is 4.61. The van der Waals surface area contributed by atoms with E-state index >= 15 is 0 Å². The molecule has 0 fully saturated rings. The summed E-state index contributed by atoms with van der Waals surface area (Å²) in [6, 6.07) is 7.77. The number of aromatic nitrogens is 2. The van der Waals surface area contributed by atoms with Gasteiger partial charge in [-0.05, 0) is 31.2 Å². The van der Waals surface area contributed by atoms with Crippen LogP contribution in [0.25, 0.3) is 0 Å². The number of nitrogens with one attached hydrogen (secondary N) is 1. The van der Waals surface area contributed by atoms with Gasteiger partial charge in [-0.25, -0.2) is 18.4 Å². The van der Waals surface area contributed by atoms with Gasteiger partial charge >= 0.3 is 0 Å². The highest BCUT2D eigenvalue weighted by Crippen LogP contribution is 2.17. The molecule has 0 saturated carbocycles. The number of carbonyl (C=O) groups excluding carboxylic acids is 1. The van der Waals surface area contributed by atoms with Crippen LogP contribution in [-0.4, -0.2) is 41.7 Å². The van der Waals surface area contributed by atoms with Crippen molar-refractivity contribution in [2.75, 3.05) is 13.1 Å². The minimum Gasteiger partial charge on any atom is -0.346 e. The summed E-state index contributed by atoms with van der Waals surface area (Å²) < 4.78 is 26.5. The zero-order valence-corrected chi connectivity index (χ0v) is 15.4. The van der Waals surface area contributed by atoms with Crippen LogP contribution in [-0.2, 0) is 16.6 Å². The molecule has 1 amide bonds. The molecule has 134 valence electrons. The van der Waals surface area contributed by atoms with Crippen LogP contribution in [0.1, 0.15) is 35.7 Å². The van der Waals surface area contributed by atoms with Gasteiger partial charge in [0.2, 0.25) is 10.0 Å². The van der Waals surface area contributed by atoms with Gasteiger partial charge in [-0.3, -0.25) is 4.79 Å². The molecule has 8 heteroatoms. The van der Waals surface area contributed by atoms with E-state index in [0.717, 1.165) is 0 Å². The first-order chi connectivity index (χ1) is 11.9. The molecule has 1 N–H and O–H groups in total. The van der Waals surface area contributed by atoms with Crippen molar-refractivity contribution >= 4 is 15.9 Å². The van der Waals surface area contributed by atoms with Crippen molar-refractivity contribution in [3.63, 3.8) is 0 Å². The Balaban J connectivity index is 2.16. The highest BCUT2D eigenvalue weighted by molar-refractivity contribution is 7.89. The van der Waals surface area contributed by atoms with E-state index in [-0.39, 0.29) is 17.3 Å². The molecule has 0 radical (unpaired) electrons. The fourth-order valence-corrected chi connectivity index (χ4v) is 3.89. The van der Waals surface area contributed by atoms with Crippen LogP contribution in [0, 0.1) is 6.92 Å². The summed E-state index contributed by atoms with van der Waals surface area (Å²) in [5, 5.41) is 2.74. The molecule has 0 unspecified atom stereocenters. The Morgan fingerprint density at radius 1 is 1.20 bits per heavy atom. The molecule has 1 aromatic carbocycles. The van der Waals surface area contributed by atoms with Gasteiger partial charge in [0.05, 0.1) is 17.1 Å². The summed E-state index contributed by atoms with van der Waals surface area (Å²) in [5.41, 5.74) is 0.978. The number of amides is 1. The second kappa shape index (κ2) is 8.17.